The molecular formula is C21H23F4N3O4. The highest BCUT2D eigenvalue weighted by Gasteiger charge is 2.36. The van der Waals surface area contributed by atoms with Crippen LogP contribution in [0.5, 0.6) is 0 Å². The number of aromatic nitrogens is 2. The van der Waals surface area contributed by atoms with Gasteiger partial charge in [-0.05, 0) is 59.2 Å². The number of carbonyl (C=O) groups excluding carboxylic acids is 2. The number of hydrogen-bond acceptors (Lipinski definition) is 6. The highest BCUT2D eigenvalue weighted by Crippen LogP contribution is 2.34. The van der Waals surface area contributed by atoms with Crippen LogP contribution < -0.4 is 4.90 Å². The Morgan fingerprint density at radius 3 is 1.72 bits per heavy atom. The third-order valence-electron chi connectivity index (χ3n) is 3.60. The minimum Gasteiger partial charge on any atom is -0.443 e. The molecule has 174 valence electrons. The van der Waals surface area contributed by atoms with Gasteiger partial charge in [0, 0.05) is 18.0 Å². The van der Waals surface area contributed by atoms with Gasteiger partial charge in [0.15, 0.2) is 0 Å². The third-order valence-corrected chi connectivity index (χ3v) is 3.60. The number of ether oxygens (including phenoxy) is 2. The van der Waals surface area contributed by atoms with Crippen molar-refractivity contribution in [3.05, 3.63) is 42.0 Å². The lowest BCUT2D eigenvalue weighted by molar-refractivity contribution is -0.139. The summed E-state index contributed by atoms with van der Waals surface area (Å²) in [6, 6.07) is 2.43. The Bertz CT molecular complexity index is 966. The molecule has 11 heteroatoms. The molecule has 1 aromatic heterocycles. The minimum absolute atomic E-state index is 0.00800. The van der Waals surface area contributed by atoms with E-state index in [9.17, 15) is 27.2 Å². The predicted molar refractivity (Wildman–Crippen MR) is 107 cm³/mol. The van der Waals surface area contributed by atoms with Gasteiger partial charge in [0.1, 0.15) is 17.0 Å². The van der Waals surface area contributed by atoms with Crippen LogP contribution >= 0.6 is 0 Å². The summed E-state index contributed by atoms with van der Waals surface area (Å²) in [7, 11) is 0. The molecule has 0 saturated carbocycles. The van der Waals surface area contributed by atoms with Crippen molar-refractivity contribution in [1.82, 2.24) is 9.97 Å². The molecule has 0 aliphatic rings. The topological polar surface area (TPSA) is 81.6 Å². The molecule has 0 bridgehead atoms. The van der Waals surface area contributed by atoms with E-state index in [1.54, 1.807) is 41.5 Å². The molecule has 0 aliphatic carbocycles. The quantitative estimate of drug-likeness (QED) is 0.516. The fourth-order valence-electron chi connectivity index (χ4n) is 2.36. The maximum Gasteiger partial charge on any atom is 0.427 e. The molecular weight excluding hydrogens is 434 g/mol. The van der Waals surface area contributed by atoms with Crippen molar-refractivity contribution in [1.29, 1.82) is 0 Å². The summed E-state index contributed by atoms with van der Waals surface area (Å²) in [6.07, 6.45) is -4.89. The molecule has 0 saturated heterocycles. The van der Waals surface area contributed by atoms with Gasteiger partial charge in [-0.25, -0.2) is 23.9 Å². The standard InChI is InChI=1S/C21H23F4N3O4/c1-19(2,3)31-17(29)28(18(30)32-20(4,5)6)16-26-10-13(11-27-16)12-7-8-15(22)14(9-12)21(23,24)25/h7-11H,1-6H3. The average molecular weight is 457 g/mol. The van der Waals surface area contributed by atoms with Gasteiger partial charge in [0.2, 0.25) is 5.95 Å². The lowest BCUT2D eigenvalue weighted by atomic mass is 10.1. The van der Waals surface area contributed by atoms with Crippen molar-refractivity contribution < 1.29 is 36.6 Å². The second kappa shape index (κ2) is 8.71. The Morgan fingerprint density at radius 1 is 0.844 bits per heavy atom. The number of hydrogen-bond donors (Lipinski definition) is 0. The van der Waals surface area contributed by atoms with Gasteiger partial charge < -0.3 is 9.47 Å². The Morgan fingerprint density at radius 2 is 1.31 bits per heavy atom. The van der Waals surface area contributed by atoms with E-state index in [0.29, 0.717) is 17.0 Å². The highest BCUT2D eigenvalue weighted by atomic mass is 19.4. The Hall–Kier alpha value is -3.24. The number of imide groups is 1. The van der Waals surface area contributed by atoms with E-state index < -0.39 is 46.9 Å². The number of nitrogens with zero attached hydrogens (tertiary/aromatic N) is 3. The van der Waals surface area contributed by atoms with E-state index in [1.165, 1.54) is 0 Å². The van der Waals surface area contributed by atoms with E-state index in [2.05, 4.69) is 9.97 Å². The molecule has 0 unspecified atom stereocenters. The van der Waals surface area contributed by atoms with Crippen molar-refractivity contribution in [2.75, 3.05) is 4.90 Å². The summed E-state index contributed by atoms with van der Waals surface area (Å²) in [6.45, 7) is 9.55. The van der Waals surface area contributed by atoms with E-state index in [-0.39, 0.29) is 11.1 Å². The van der Waals surface area contributed by atoms with E-state index in [1.807, 2.05) is 0 Å². The molecule has 0 aliphatic heterocycles. The number of halogens is 4. The van der Waals surface area contributed by atoms with Crippen LogP contribution in [0.25, 0.3) is 11.1 Å². The van der Waals surface area contributed by atoms with Gasteiger partial charge >= 0.3 is 18.4 Å². The van der Waals surface area contributed by atoms with Crippen LogP contribution in [-0.2, 0) is 15.7 Å². The average Bonchev–Trinajstić information content (AvgIpc) is 2.59. The van der Waals surface area contributed by atoms with Crippen LogP contribution in [0.4, 0.5) is 33.1 Å². The van der Waals surface area contributed by atoms with Gasteiger partial charge in [-0.1, -0.05) is 6.07 Å². The van der Waals surface area contributed by atoms with Gasteiger partial charge in [0.25, 0.3) is 0 Å². The Kier molecular flexibility index (Phi) is 6.82. The van der Waals surface area contributed by atoms with Crippen LogP contribution in [0, 0.1) is 5.82 Å². The monoisotopic (exact) mass is 457 g/mol. The largest absolute Gasteiger partial charge is 0.443 e. The van der Waals surface area contributed by atoms with Gasteiger partial charge in [-0.15, -0.1) is 4.90 Å². The summed E-state index contributed by atoms with van der Waals surface area (Å²) in [5.41, 5.74) is -3.24. The lowest BCUT2D eigenvalue weighted by Crippen LogP contribution is -2.44. The maximum atomic E-state index is 13.5. The van der Waals surface area contributed by atoms with Crippen LogP contribution in [0.15, 0.2) is 30.6 Å². The zero-order valence-corrected chi connectivity index (χ0v) is 18.4. The van der Waals surface area contributed by atoms with Crippen molar-refractivity contribution in [3.8, 4) is 11.1 Å². The molecule has 0 radical (unpaired) electrons. The molecule has 2 amide bonds. The summed E-state index contributed by atoms with van der Waals surface area (Å²) in [4.78, 5) is 33.5. The summed E-state index contributed by atoms with van der Waals surface area (Å²) < 4.78 is 62.9. The fourth-order valence-corrected chi connectivity index (χ4v) is 2.36. The second-order valence-corrected chi connectivity index (χ2v) is 8.76. The van der Waals surface area contributed by atoms with Crippen molar-refractivity contribution in [2.24, 2.45) is 0 Å². The molecule has 1 heterocycles. The molecule has 32 heavy (non-hydrogen) atoms. The van der Waals surface area contributed by atoms with Gasteiger partial charge in [0.05, 0.1) is 5.56 Å². The number of anilines is 1. The summed E-state index contributed by atoms with van der Waals surface area (Å²) >= 11 is 0. The first-order valence-electron chi connectivity index (χ1n) is 9.43. The van der Waals surface area contributed by atoms with Gasteiger partial charge in [-0.2, -0.15) is 13.2 Å². The number of benzene rings is 1. The second-order valence-electron chi connectivity index (χ2n) is 8.76. The molecule has 7 nitrogen and oxygen atoms in total. The first kappa shape index (κ1) is 25.0. The molecule has 2 aromatic rings. The summed E-state index contributed by atoms with van der Waals surface area (Å²) in [5, 5.41) is 0. The number of alkyl halides is 3. The van der Waals surface area contributed by atoms with Crippen LogP contribution in [-0.4, -0.2) is 33.4 Å². The van der Waals surface area contributed by atoms with E-state index in [0.717, 1.165) is 18.5 Å². The Balaban J connectivity index is 2.43. The first-order chi connectivity index (χ1) is 14.5. The zero-order valence-electron chi connectivity index (χ0n) is 18.4. The fraction of sp³-hybridized carbons (Fsp3) is 0.429. The Labute approximate surface area is 182 Å². The molecule has 0 spiro atoms. The molecule has 0 fully saturated rings. The minimum atomic E-state index is -4.88. The van der Waals surface area contributed by atoms with E-state index in [4.69, 9.17) is 9.47 Å². The number of amides is 2. The third kappa shape index (κ3) is 6.63. The summed E-state index contributed by atoms with van der Waals surface area (Å²) in [5.74, 6) is -1.82. The molecule has 1 aromatic carbocycles. The lowest BCUT2D eigenvalue weighted by Gasteiger charge is -2.27. The maximum absolute atomic E-state index is 13.5. The van der Waals surface area contributed by atoms with Crippen molar-refractivity contribution in [2.45, 2.75) is 58.9 Å². The van der Waals surface area contributed by atoms with Gasteiger partial charge in [-0.3, -0.25) is 0 Å². The normalized spacial score (nSPS) is 12.3. The zero-order chi connectivity index (χ0) is 24.5. The van der Waals surface area contributed by atoms with Crippen LogP contribution in [0.2, 0.25) is 0 Å². The van der Waals surface area contributed by atoms with Crippen molar-refractivity contribution >= 4 is 18.1 Å². The smallest absolute Gasteiger partial charge is 0.427 e. The highest BCUT2D eigenvalue weighted by molar-refractivity contribution is 6.08. The van der Waals surface area contributed by atoms with E-state index >= 15 is 0 Å². The SMILES string of the molecule is CC(C)(C)OC(=O)N(C(=O)OC(C)(C)C)c1ncc(-c2ccc(F)c(C(F)(F)F)c2)cn1. The number of rotatable bonds is 2. The van der Waals surface area contributed by atoms with Crippen LogP contribution in [0.1, 0.15) is 47.1 Å². The van der Waals surface area contributed by atoms with Crippen LogP contribution in [0.3, 0.4) is 0 Å². The molecule has 2 rings (SSSR count). The molecule has 0 atom stereocenters. The number of carbonyl (C=O) groups is 2. The first-order valence-corrected chi connectivity index (χ1v) is 9.43. The van der Waals surface area contributed by atoms with Crippen molar-refractivity contribution in [3.63, 3.8) is 0 Å². The molecule has 0 N–H and O–H groups in total. The predicted octanol–water partition coefficient (Wildman–Crippen LogP) is 5.98.